The summed E-state index contributed by atoms with van der Waals surface area (Å²) in [6.45, 7) is 1.86. The average Bonchev–Trinajstić information content (AvgIpc) is 1.97. The molecule has 0 fully saturated rings. The van der Waals surface area contributed by atoms with Gasteiger partial charge in [-0.2, -0.15) is 0 Å². The number of hydrogen-bond acceptors (Lipinski definition) is 4. The number of carboxylic acid groups (broad SMARTS) is 1. The molecule has 2 unspecified atom stereocenters. The summed E-state index contributed by atoms with van der Waals surface area (Å²) in [5.41, 5.74) is 10.6. The van der Waals surface area contributed by atoms with Crippen LogP contribution in [0.15, 0.2) is 0 Å². The summed E-state index contributed by atoms with van der Waals surface area (Å²) < 4.78 is 0. The first kappa shape index (κ1) is 12.1. The molecular weight excluding hydrogens is 172 g/mol. The fourth-order valence-electron chi connectivity index (χ4n) is 1.05. The van der Waals surface area contributed by atoms with Gasteiger partial charge in [-0.25, -0.2) is 0 Å². The largest absolute Gasteiger partial charge is 0.481 e. The topological polar surface area (TPSA) is 106 Å². The lowest BCUT2D eigenvalue weighted by Gasteiger charge is -2.11. The zero-order valence-electron chi connectivity index (χ0n) is 7.69. The number of rotatable bonds is 6. The Kier molecular flexibility index (Phi) is 5.25. The molecule has 0 saturated heterocycles. The van der Waals surface area contributed by atoms with Crippen LogP contribution < -0.4 is 11.5 Å². The molecule has 76 valence electrons. The van der Waals surface area contributed by atoms with Crippen LogP contribution >= 0.6 is 0 Å². The molecule has 0 radical (unpaired) electrons. The summed E-state index contributed by atoms with van der Waals surface area (Å²) in [4.78, 5) is 21.9. The minimum absolute atomic E-state index is 0.0942. The molecular formula is C8H16N2O3. The van der Waals surface area contributed by atoms with Crippen molar-refractivity contribution < 1.29 is 14.7 Å². The van der Waals surface area contributed by atoms with Crippen LogP contribution in [-0.4, -0.2) is 29.4 Å². The van der Waals surface area contributed by atoms with E-state index in [1.807, 2.05) is 0 Å². The van der Waals surface area contributed by atoms with Crippen LogP contribution in [0.1, 0.15) is 19.8 Å². The summed E-state index contributed by atoms with van der Waals surface area (Å²) in [6.07, 6.45) is 0.276. The van der Waals surface area contributed by atoms with Crippen LogP contribution in [0.4, 0.5) is 0 Å². The van der Waals surface area contributed by atoms with E-state index in [2.05, 4.69) is 0 Å². The first-order chi connectivity index (χ1) is 5.99. The van der Waals surface area contributed by atoms with E-state index in [1.54, 1.807) is 6.92 Å². The maximum absolute atomic E-state index is 11.3. The van der Waals surface area contributed by atoms with Crippen molar-refractivity contribution in [2.45, 2.75) is 25.8 Å². The lowest BCUT2D eigenvalue weighted by atomic mass is 9.96. The quantitative estimate of drug-likeness (QED) is 0.480. The molecule has 0 saturated carbocycles. The highest BCUT2D eigenvalue weighted by atomic mass is 16.4. The third-order valence-electron chi connectivity index (χ3n) is 1.67. The van der Waals surface area contributed by atoms with Gasteiger partial charge in [0.05, 0.1) is 0 Å². The number of carboxylic acids is 1. The predicted molar refractivity (Wildman–Crippen MR) is 48.1 cm³/mol. The number of nitrogens with two attached hydrogens (primary N) is 2. The van der Waals surface area contributed by atoms with Gasteiger partial charge >= 0.3 is 5.97 Å². The van der Waals surface area contributed by atoms with E-state index in [-0.39, 0.29) is 31.2 Å². The molecule has 0 amide bonds. The van der Waals surface area contributed by atoms with Crippen LogP contribution in [0.2, 0.25) is 0 Å². The van der Waals surface area contributed by atoms with Crippen LogP contribution in [-0.2, 0) is 9.59 Å². The zero-order valence-corrected chi connectivity index (χ0v) is 7.69. The minimum atomic E-state index is -1.11. The highest BCUT2D eigenvalue weighted by Gasteiger charge is 2.25. The molecule has 0 aromatic carbocycles. The van der Waals surface area contributed by atoms with Crippen LogP contribution in [0.3, 0.4) is 0 Å². The highest BCUT2D eigenvalue weighted by molar-refractivity contribution is 5.98. The molecule has 5 N–H and O–H groups in total. The minimum Gasteiger partial charge on any atom is -0.481 e. The molecule has 0 aliphatic heterocycles. The standard InChI is InChI=1S/C8H16N2O3/c1-5(10)4-7(11)6(2-3-9)8(12)13/h5-6H,2-4,9-10H2,1H3,(H,12,13). The predicted octanol–water partition coefficient (Wildman–Crippen LogP) is -0.658. The Morgan fingerprint density at radius 3 is 2.31 bits per heavy atom. The second-order valence-corrected chi connectivity index (χ2v) is 3.12. The van der Waals surface area contributed by atoms with Gasteiger partial charge in [-0.15, -0.1) is 0 Å². The molecule has 0 aromatic heterocycles. The van der Waals surface area contributed by atoms with Crippen molar-refractivity contribution in [3.63, 3.8) is 0 Å². The summed E-state index contributed by atoms with van der Waals surface area (Å²) in [6, 6.07) is -0.299. The van der Waals surface area contributed by atoms with Crippen molar-refractivity contribution in [2.75, 3.05) is 6.54 Å². The summed E-state index contributed by atoms with van der Waals surface area (Å²) in [7, 11) is 0. The van der Waals surface area contributed by atoms with Gasteiger partial charge in [-0.3, -0.25) is 9.59 Å². The maximum Gasteiger partial charge on any atom is 0.314 e. The third-order valence-corrected chi connectivity index (χ3v) is 1.67. The van der Waals surface area contributed by atoms with E-state index in [0.29, 0.717) is 0 Å². The smallest absolute Gasteiger partial charge is 0.314 e. The van der Waals surface area contributed by atoms with E-state index >= 15 is 0 Å². The van der Waals surface area contributed by atoms with Crippen molar-refractivity contribution in [1.82, 2.24) is 0 Å². The maximum atomic E-state index is 11.3. The highest BCUT2D eigenvalue weighted by Crippen LogP contribution is 2.07. The fourth-order valence-corrected chi connectivity index (χ4v) is 1.05. The van der Waals surface area contributed by atoms with Crippen LogP contribution in [0, 0.1) is 5.92 Å². The lowest BCUT2D eigenvalue weighted by molar-refractivity contribution is -0.146. The molecule has 5 heteroatoms. The Balaban J connectivity index is 4.20. The van der Waals surface area contributed by atoms with Crippen molar-refractivity contribution >= 4 is 11.8 Å². The molecule has 0 rings (SSSR count). The lowest BCUT2D eigenvalue weighted by Crippen LogP contribution is -2.30. The molecule has 0 bridgehead atoms. The van der Waals surface area contributed by atoms with Crippen LogP contribution in [0.25, 0.3) is 0 Å². The Labute approximate surface area is 77.1 Å². The second kappa shape index (κ2) is 5.66. The van der Waals surface area contributed by atoms with Gasteiger partial charge in [-0.05, 0) is 19.9 Å². The van der Waals surface area contributed by atoms with E-state index < -0.39 is 11.9 Å². The van der Waals surface area contributed by atoms with Crippen LogP contribution in [0.5, 0.6) is 0 Å². The second-order valence-electron chi connectivity index (χ2n) is 3.12. The van der Waals surface area contributed by atoms with Crippen molar-refractivity contribution in [2.24, 2.45) is 17.4 Å². The Bertz CT molecular complexity index is 192. The van der Waals surface area contributed by atoms with Gasteiger partial charge in [0.1, 0.15) is 11.7 Å². The summed E-state index contributed by atoms with van der Waals surface area (Å²) in [5, 5.41) is 8.67. The molecule has 0 aliphatic rings. The monoisotopic (exact) mass is 188 g/mol. The summed E-state index contributed by atoms with van der Waals surface area (Å²) >= 11 is 0. The van der Waals surface area contributed by atoms with Crippen molar-refractivity contribution in [1.29, 1.82) is 0 Å². The fraction of sp³-hybridized carbons (Fsp3) is 0.750. The van der Waals surface area contributed by atoms with E-state index in [9.17, 15) is 9.59 Å². The number of Topliss-reactive ketones (excluding diaryl/α,β-unsaturated/α-hetero) is 1. The van der Waals surface area contributed by atoms with E-state index in [1.165, 1.54) is 0 Å². The normalized spacial score (nSPS) is 15.0. The van der Waals surface area contributed by atoms with Gasteiger partial charge in [0.2, 0.25) is 0 Å². The summed E-state index contributed by atoms with van der Waals surface area (Å²) in [5.74, 6) is -2.44. The number of hydrogen-bond donors (Lipinski definition) is 3. The molecule has 2 atom stereocenters. The van der Waals surface area contributed by atoms with Gasteiger partial charge in [0.15, 0.2) is 0 Å². The Morgan fingerprint density at radius 2 is 2.00 bits per heavy atom. The Hall–Kier alpha value is -0.940. The van der Waals surface area contributed by atoms with Crippen molar-refractivity contribution in [3.05, 3.63) is 0 Å². The SMILES string of the molecule is CC(N)CC(=O)C(CCN)C(=O)O. The first-order valence-electron chi connectivity index (χ1n) is 4.20. The molecule has 13 heavy (non-hydrogen) atoms. The number of ketones is 1. The third kappa shape index (κ3) is 4.59. The molecule has 0 spiro atoms. The first-order valence-corrected chi connectivity index (χ1v) is 4.20. The number of carbonyl (C=O) groups is 2. The number of carbonyl (C=O) groups excluding carboxylic acids is 1. The van der Waals surface area contributed by atoms with Gasteiger partial charge in [-0.1, -0.05) is 0 Å². The van der Waals surface area contributed by atoms with Gasteiger partial charge < -0.3 is 16.6 Å². The van der Waals surface area contributed by atoms with E-state index in [4.69, 9.17) is 16.6 Å². The number of aliphatic carboxylic acids is 1. The Morgan fingerprint density at radius 1 is 1.46 bits per heavy atom. The molecule has 0 heterocycles. The average molecular weight is 188 g/mol. The molecule has 5 nitrogen and oxygen atoms in total. The van der Waals surface area contributed by atoms with Gasteiger partial charge in [0, 0.05) is 12.5 Å². The zero-order chi connectivity index (χ0) is 10.4. The van der Waals surface area contributed by atoms with E-state index in [0.717, 1.165) is 0 Å². The molecule has 0 aromatic rings. The molecule has 0 aliphatic carbocycles. The van der Waals surface area contributed by atoms with Gasteiger partial charge in [0.25, 0.3) is 0 Å². The van der Waals surface area contributed by atoms with Crippen molar-refractivity contribution in [3.8, 4) is 0 Å².